The SMILES string of the molecule is CC(C#N)CNc1cc(F)cc(F)c1F. The van der Waals surface area contributed by atoms with E-state index >= 15 is 0 Å². The van der Waals surface area contributed by atoms with Crippen LogP contribution in [0.15, 0.2) is 12.1 Å². The van der Waals surface area contributed by atoms with Crippen molar-refractivity contribution in [2.45, 2.75) is 6.92 Å². The second-order valence-corrected chi connectivity index (χ2v) is 3.16. The summed E-state index contributed by atoms with van der Waals surface area (Å²) in [5, 5.41) is 10.9. The molecule has 0 aliphatic heterocycles. The largest absolute Gasteiger partial charge is 0.381 e. The van der Waals surface area contributed by atoms with Gasteiger partial charge >= 0.3 is 0 Å². The molecule has 1 unspecified atom stereocenters. The molecule has 2 nitrogen and oxygen atoms in total. The number of halogens is 3. The fourth-order valence-corrected chi connectivity index (χ4v) is 0.993. The van der Waals surface area contributed by atoms with Gasteiger partial charge in [0.15, 0.2) is 11.6 Å². The van der Waals surface area contributed by atoms with Crippen molar-refractivity contribution in [3.8, 4) is 6.07 Å². The Labute approximate surface area is 85.3 Å². The zero-order valence-corrected chi connectivity index (χ0v) is 8.02. The third-order valence-corrected chi connectivity index (χ3v) is 1.81. The minimum absolute atomic E-state index is 0.135. The van der Waals surface area contributed by atoms with Crippen LogP contribution in [0, 0.1) is 34.7 Å². The summed E-state index contributed by atoms with van der Waals surface area (Å²) in [5.41, 5.74) is -0.269. The van der Waals surface area contributed by atoms with Crippen LogP contribution < -0.4 is 5.32 Å². The fraction of sp³-hybridized carbons (Fsp3) is 0.300. The van der Waals surface area contributed by atoms with Crippen molar-refractivity contribution in [2.24, 2.45) is 5.92 Å². The van der Waals surface area contributed by atoms with Crippen molar-refractivity contribution < 1.29 is 13.2 Å². The van der Waals surface area contributed by atoms with Gasteiger partial charge in [-0.1, -0.05) is 0 Å². The molecule has 1 aromatic carbocycles. The molecule has 0 saturated carbocycles. The molecule has 0 heterocycles. The van der Waals surface area contributed by atoms with Crippen LogP contribution in [0.2, 0.25) is 0 Å². The highest BCUT2D eigenvalue weighted by Gasteiger charge is 2.11. The molecular formula is C10H9F3N2. The van der Waals surface area contributed by atoms with E-state index in [1.54, 1.807) is 6.92 Å². The van der Waals surface area contributed by atoms with Crippen molar-refractivity contribution >= 4 is 5.69 Å². The van der Waals surface area contributed by atoms with E-state index in [0.717, 1.165) is 6.07 Å². The van der Waals surface area contributed by atoms with Gasteiger partial charge in [0.05, 0.1) is 17.7 Å². The highest BCUT2D eigenvalue weighted by Crippen LogP contribution is 2.19. The summed E-state index contributed by atoms with van der Waals surface area (Å²) in [6, 6.07) is 3.23. The Bertz CT molecular complexity index is 398. The van der Waals surface area contributed by atoms with Gasteiger partial charge in [-0.2, -0.15) is 5.26 Å². The van der Waals surface area contributed by atoms with Gasteiger partial charge in [0.2, 0.25) is 0 Å². The van der Waals surface area contributed by atoms with Crippen molar-refractivity contribution in [3.05, 3.63) is 29.6 Å². The van der Waals surface area contributed by atoms with Gasteiger partial charge in [-0.05, 0) is 6.92 Å². The van der Waals surface area contributed by atoms with Gasteiger partial charge in [0.25, 0.3) is 0 Å². The first-order valence-corrected chi connectivity index (χ1v) is 4.32. The Balaban J connectivity index is 2.82. The molecular weight excluding hydrogens is 205 g/mol. The summed E-state index contributed by atoms with van der Waals surface area (Å²) >= 11 is 0. The van der Waals surface area contributed by atoms with Crippen molar-refractivity contribution in [3.63, 3.8) is 0 Å². The highest BCUT2D eigenvalue weighted by molar-refractivity contribution is 5.45. The van der Waals surface area contributed by atoms with Gasteiger partial charge in [-0.25, -0.2) is 13.2 Å². The lowest BCUT2D eigenvalue weighted by atomic mass is 10.2. The zero-order chi connectivity index (χ0) is 11.4. The van der Waals surface area contributed by atoms with E-state index in [-0.39, 0.29) is 18.2 Å². The first-order chi connectivity index (χ1) is 7.04. The summed E-state index contributed by atoms with van der Waals surface area (Å²) in [6.45, 7) is 1.75. The summed E-state index contributed by atoms with van der Waals surface area (Å²) < 4.78 is 38.5. The van der Waals surface area contributed by atoms with Gasteiger partial charge < -0.3 is 5.32 Å². The van der Waals surface area contributed by atoms with Gasteiger partial charge in [-0.3, -0.25) is 0 Å². The lowest BCUT2D eigenvalue weighted by Crippen LogP contribution is -2.11. The maximum atomic E-state index is 13.0. The summed E-state index contributed by atoms with van der Waals surface area (Å²) in [4.78, 5) is 0. The number of nitrogens with one attached hydrogen (secondary N) is 1. The highest BCUT2D eigenvalue weighted by atomic mass is 19.2. The van der Waals surface area contributed by atoms with E-state index in [0.29, 0.717) is 6.07 Å². The van der Waals surface area contributed by atoms with Gasteiger partial charge in [0.1, 0.15) is 5.82 Å². The quantitative estimate of drug-likeness (QED) is 0.785. The second-order valence-electron chi connectivity index (χ2n) is 3.16. The van der Waals surface area contributed by atoms with Crippen LogP contribution in [0.3, 0.4) is 0 Å². The second kappa shape index (κ2) is 4.69. The maximum absolute atomic E-state index is 13.0. The third-order valence-electron chi connectivity index (χ3n) is 1.81. The predicted molar refractivity (Wildman–Crippen MR) is 49.6 cm³/mol. The molecule has 1 rings (SSSR count). The number of anilines is 1. The van der Waals surface area contributed by atoms with Crippen molar-refractivity contribution in [2.75, 3.05) is 11.9 Å². The van der Waals surface area contributed by atoms with Crippen LogP contribution in [-0.2, 0) is 0 Å². The first-order valence-electron chi connectivity index (χ1n) is 4.32. The Morgan fingerprint density at radius 1 is 1.40 bits per heavy atom. The molecule has 0 fully saturated rings. The molecule has 0 bridgehead atoms. The average Bonchev–Trinajstić information content (AvgIpc) is 2.20. The summed E-state index contributed by atoms with van der Waals surface area (Å²) in [5.74, 6) is -3.61. The normalized spacial score (nSPS) is 11.9. The van der Waals surface area contributed by atoms with E-state index in [1.165, 1.54) is 0 Å². The van der Waals surface area contributed by atoms with Crippen LogP contribution in [0.4, 0.5) is 18.9 Å². The lowest BCUT2D eigenvalue weighted by molar-refractivity contribution is 0.497. The van der Waals surface area contributed by atoms with E-state index in [2.05, 4.69) is 5.32 Å². The Hall–Kier alpha value is -1.70. The number of hydrogen-bond acceptors (Lipinski definition) is 2. The molecule has 0 spiro atoms. The van der Waals surface area contributed by atoms with Gasteiger partial charge in [-0.15, -0.1) is 0 Å². The standard InChI is InChI=1S/C10H9F3N2/c1-6(4-14)5-15-9-3-7(11)2-8(12)10(9)13/h2-3,6,15H,5H2,1H3. The molecule has 15 heavy (non-hydrogen) atoms. The molecule has 0 radical (unpaired) electrons. The predicted octanol–water partition coefficient (Wildman–Crippen LogP) is 2.68. The van der Waals surface area contributed by atoms with E-state index < -0.39 is 17.5 Å². The van der Waals surface area contributed by atoms with Crippen LogP contribution in [0.1, 0.15) is 6.92 Å². The molecule has 80 valence electrons. The molecule has 0 aromatic heterocycles. The van der Waals surface area contributed by atoms with Crippen LogP contribution >= 0.6 is 0 Å². The Morgan fingerprint density at radius 2 is 2.07 bits per heavy atom. The maximum Gasteiger partial charge on any atom is 0.182 e. The smallest absolute Gasteiger partial charge is 0.182 e. The Kier molecular flexibility index (Phi) is 3.56. The molecule has 1 aromatic rings. The summed E-state index contributed by atoms with van der Waals surface area (Å²) in [7, 11) is 0. The van der Waals surface area contributed by atoms with E-state index in [4.69, 9.17) is 5.26 Å². The summed E-state index contributed by atoms with van der Waals surface area (Å²) in [6.07, 6.45) is 0. The van der Waals surface area contributed by atoms with Crippen molar-refractivity contribution in [1.82, 2.24) is 0 Å². The lowest BCUT2D eigenvalue weighted by Gasteiger charge is -2.08. The molecule has 1 atom stereocenters. The minimum Gasteiger partial charge on any atom is -0.381 e. The van der Waals surface area contributed by atoms with Crippen LogP contribution in [0.5, 0.6) is 0 Å². The van der Waals surface area contributed by atoms with Crippen LogP contribution in [-0.4, -0.2) is 6.54 Å². The number of rotatable bonds is 3. The van der Waals surface area contributed by atoms with E-state index in [1.807, 2.05) is 6.07 Å². The first kappa shape index (κ1) is 11.4. The number of hydrogen-bond donors (Lipinski definition) is 1. The van der Waals surface area contributed by atoms with Crippen LogP contribution in [0.25, 0.3) is 0 Å². The molecule has 0 amide bonds. The monoisotopic (exact) mass is 214 g/mol. The zero-order valence-electron chi connectivity index (χ0n) is 8.02. The fourth-order valence-electron chi connectivity index (χ4n) is 0.993. The number of nitriles is 1. The van der Waals surface area contributed by atoms with Crippen molar-refractivity contribution in [1.29, 1.82) is 5.26 Å². The molecule has 0 aliphatic rings. The van der Waals surface area contributed by atoms with E-state index in [9.17, 15) is 13.2 Å². The number of benzene rings is 1. The Morgan fingerprint density at radius 3 is 2.67 bits per heavy atom. The average molecular weight is 214 g/mol. The molecule has 0 saturated heterocycles. The molecule has 1 N–H and O–H groups in total. The third kappa shape index (κ3) is 2.88. The van der Waals surface area contributed by atoms with Gasteiger partial charge in [0, 0.05) is 18.7 Å². The molecule has 0 aliphatic carbocycles. The molecule has 5 heteroatoms. The number of nitrogens with zero attached hydrogens (tertiary/aromatic N) is 1. The minimum atomic E-state index is -1.25. The topological polar surface area (TPSA) is 35.8 Å².